The van der Waals surface area contributed by atoms with E-state index in [-0.39, 0.29) is 18.1 Å². The van der Waals surface area contributed by atoms with Crippen molar-refractivity contribution in [1.29, 1.82) is 0 Å². The molecule has 0 saturated heterocycles. The maximum atomic E-state index is 13.0. The first-order chi connectivity index (χ1) is 14.9. The number of hydrogen-bond acceptors (Lipinski definition) is 5. The normalized spacial score (nSPS) is 14.2. The van der Waals surface area contributed by atoms with E-state index in [1.54, 1.807) is 0 Å². The fourth-order valence-corrected chi connectivity index (χ4v) is 4.11. The Bertz CT molecular complexity index is 1160. The Labute approximate surface area is 178 Å². The molecule has 0 bridgehead atoms. The maximum Gasteiger partial charge on any atom is 0.328 e. The molecule has 0 heterocycles. The molecule has 0 saturated carbocycles. The Balaban J connectivity index is 1.67. The molecule has 1 unspecified atom stereocenters. The van der Waals surface area contributed by atoms with Gasteiger partial charge in [0.25, 0.3) is 5.69 Å². The molecule has 3 aromatic carbocycles. The van der Waals surface area contributed by atoms with Gasteiger partial charge in [0, 0.05) is 12.0 Å². The van der Waals surface area contributed by atoms with Gasteiger partial charge in [-0.15, -0.1) is 0 Å². The van der Waals surface area contributed by atoms with Gasteiger partial charge in [-0.1, -0.05) is 66.7 Å². The van der Waals surface area contributed by atoms with Crippen LogP contribution < -0.4 is 0 Å². The lowest BCUT2D eigenvalue weighted by molar-refractivity contribution is -0.385. The van der Waals surface area contributed by atoms with Crippen molar-refractivity contribution in [1.82, 2.24) is 0 Å². The zero-order chi connectivity index (χ0) is 22.2. The lowest BCUT2D eigenvalue weighted by Gasteiger charge is -2.24. The number of aliphatic carboxylic acids is 1. The highest BCUT2D eigenvalue weighted by atomic mass is 16.6. The molecule has 0 fully saturated rings. The Kier molecular flexibility index (Phi) is 5.02. The van der Waals surface area contributed by atoms with Gasteiger partial charge < -0.3 is 9.84 Å². The molecule has 7 heteroatoms. The molecule has 0 amide bonds. The number of carbonyl (C=O) groups is 2. The van der Waals surface area contributed by atoms with Crippen molar-refractivity contribution < 1.29 is 24.4 Å². The maximum absolute atomic E-state index is 13.0. The van der Waals surface area contributed by atoms with E-state index in [0.29, 0.717) is 0 Å². The number of hydrogen-bond donors (Lipinski definition) is 1. The van der Waals surface area contributed by atoms with E-state index in [0.717, 1.165) is 29.2 Å². The molecule has 1 N–H and O–H groups in total. The Morgan fingerprint density at radius 3 is 2.03 bits per heavy atom. The summed E-state index contributed by atoms with van der Waals surface area (Å²) in [7, 11) is 0. The summed E-state index contributed by atoms with van der Waals surface area (Å²) in [5, 5.41) is 21.3. The highest BCUT2D eigenvalue weighted by molar-refractivity contribution is 6.06. The largest absolute Gasteiger partial charge is 0.480 e. The highest BCUT2D eigenvalue weighted by Crippen LogP contribution is 2.45. The van der Waals surface area contributed by atoms with Crippen molar-refractivity contribution in [3.63, 3.8) is 0 Å². The third-order valence-corrected chi connectivity index (χ3v) is 5.82. The fourth-order valence-electron chi connectivity index (χ4n) is 4.11. The second kappa shape index (κ2) is 7.68. The van der Waals surface area contributed by atoms with Crippen LogP contribution in [0.15, 0.2) is 72.8 Å². The number of rotatable bonds is 6. The molecule has 1 aliphatic rings. The third-order valence-electron chi connectivity index (χ3n) is 5.82. The van der Waals surface area contributed by atoms with E-state index in [2.05, 4.69) is 0 Å². The number of ether oxygens (including phenoxy) is 1. The second-order valence-electron chi connectivity index (χ2n) is 7.53. The van der Waals surface area contributed by atoms with Gasteiger partial charge in [-0.25, -0.2) is 0 Å². The van der Waals surface area contributed by atoms with Crippen molar-refractivity contribution in [3.8, 4) is 11.1 Å². The van der Waals surface area contributed by atoms with E-state index < -0.39 is 28.0 Å². The SMILES string of the molecule is CC(C(=O)O)(C(=O)OCC1c2ccccc2-c2ccccc21)c1ccccc1[N+](=O)[O-]. The number of benzene rings is 3. The first-order valence-electron chi connectivity index (χ1n) is 9.68. The van der Waals surface area contributed by atoms with Gasteiger partial charge in [0.05, 0.1) is 10.5 Å². The minimum atomic E-state index is -2.22. The monoisotopic (exact) mass is 417 g/mol. The second-order valence-corrected chi connectivity index (χ2v) is 7.53. The van der Waals surface area contributed by atoms with Gasteiger partial charge in [0.2, 0.25) is 0 Å². The van der Waals surface area contributed by atoms with Crippen LogP contribution in [0.1, 0.15) is 29.5 Å². The number of carbonyl (C=O) groups excluding carboxylic acids is 1. The van der Waals surface area contributed by atoms with E-state index in [4.69, 9.17) is 4.74 Å². The van der Waals surface area contributed by atoms with Gasteiger partial charge in [0.15, 0.2) is 5.41 Å². The van der Waals surface area contributed by atoms with Crippen molar-refractivity contribution in [2.24, 2.45) is 0 Å². The summed E-state index contributed by atoms with van der Waals surface area (Å²) in [6.07, 6.45) is 0. The number of carboxylic acids is 1. The van der Waals surface area contributed by atoms with Crippen LogP contribution >= 0.6 is 0 Å². The van der Waals surface area contributed by atoms with Crippen molar-refractivity contribution in [2.75, 3.05) is 6.61 Å². The Morgan fingerprint density at radius 2 is 1.48 bits per heavy atom. The summed E-state index contributed by atoms with van der Waals surface area (Å²) in [4.78, 5) is 35.9. The molecule has 1 aliphatic carbocycles. The molecular weight excluding hydrogens is 398 g/mol. The van der Waals surface area contributed by atoms with Gasteiger partial charge in [-0.3, -0.25) is 19.7 Å². The first kappa shape index (κ1) is 20.3. The smallest absolute Gasteiger partial charge is 0.328 e. The summed E-state index contributed by atoms with van der Waals surface area (Å²) < 4.78 is 5.51. The quantitative estimate of drug-likeness (QED) is 0.277. The van der Waals surface area contributed by atoms with Crippen LogP contribution in [0.2, 0.25) is 0 Å². The summed E-state index contributed by atoms with van der Waals surface area (Å²) >= 11 is 0. The summed E-state index contributed by atoms with van der Waals surface area (Å²) in [6.45, 7) is 1.06. The van der Waals surface area contributed by atoms with Gasteiger partial charge in [0.1, 0.15) is 6.61 Å². The molecule has 0 aromatic heterocycles. The summed E-state index contributed by atoms with van der Waals surface area (Å²) in [6, 6.07) is 20.9. The zero-order valence-electron chi connectivity index (χ0n) is 16.6. The Hall–Kier alpha value is -4.00. The molecule has 3 aromatic rings. The van der Waals surface area contributed by atoms with Gasteiger partial charge in [-0.05, 0) is 29.2 Å². The minimum Gasteiger partial charge on any atom is -0.480 e. The number of carboxylic acid groups (broad SMARTS) is 1. The van der Waals surface area contributed by atoms with Crippen LogP contribution in [-0.2, 0) is 19.7 Å². The molecule has 0 radical (unpaired) electrons. The molecule has 7 nitrogen and oxygen atoms in total. The van der Waals surface area contributed by atoms with Crippen molar-refractivity contribution in [2.45, 2.75) is 18.3 Å². The Morgan fingerprint density at radius 1 is 0.968 bits per heavy atom. The fraction of sp³-hybridized carbons (Fsp3) is 0.167. The standard InChI is InChI=1S/C24H19NO6/c1-24(22(26)27,20-12-6-7-13-21(20)25(29)30)23(28)31-14-19-17-10-4-2-8-15(17)16-9-3-5-11-18(16)19/h2-13,19H,14H2,1H3,(H,26,27). The molecule has 156 valence electrons. The molecule has 1 atom stereocenters. The number of nitro benzene ring substituents is 1. The number of nitro groups is 1. The lowest BCUT2D eigenvalue weighted by Crippen LogP contribution is -2.43. The van der Waals surface area contributed by atoms with Gasteiger partial charge >= 0.3 is 11.9 Å². The van der Waals surface area contributed by atoms with Crippen LogP contribution in [0, 0.1) is 10.1 Å². The van der Waals surface area contributed by atoms with Crippen LogP contribution in [-0.4, -0.2) is 28.6 Å². The topological polar surface area (TPSA) is 107 Å². The van der Waals surface area contributed by atoms with Crippen LogP contribution in [0.4, 0.5) is 5.69 Å². The lowest BCUT2D eigenvalue weighted by atomic mass is 9.81. The van der Waals surface area contributed by atoms with E-state index in [9.17, 15) is 24.8 Å². The average Bonchev–Trinajstić information content (AvgIpc) is 3.10. The van der Waals surface area contributed by atoms with Gasteiger partial charge in [-0.2, -0.15) is 0 Å². The number of fused-ring (bicyclic) bond motifs is 3. The van der Waals surface area contributed by atoms with Crippen molar-refractivity contribution in [3.05, 3.63) is 99.6 Å². The minimum absolute atomic E-state index is 0.0731. The first-order valence-corrected chi connectivity index (χ1v) is 9.68. The van der Waals surface area contributed by atoms with E-state index >= 15 is 0 Å². The third kappa shape index (κ3) is 3.24. The van der Waals surface area contributed by atoms with E-state index in [1.807, 2.05) is 48.5 Å². The molecule has 31 heavy (non-hydrogen) atoms. The van der Waals surface area contributed by atoms with Crippen molar-refractivity contribution >= 4 is 17.6 Å². The number of nitrogens with zero attached hydrogens (tertiary/aromatic N) is 1. The summed E-state index contributed by atoms with van der Waals surface area (Å²) in [5.74, 6) is -2.81. The van der Waals surface area contributed by atoms with E-state index in [1.165, 1.54) is 24.3 Å². The highest BCUT2D eigenvalue weighted by Gasteiger charge is 2.49. The van der Waals surface area contributed by atoms with Crippen LogP contribution in [0.25, 0.3) is 11.1 Å². The molecule has 0 aliphatic heterocycles. The molecule has 0 spiro atoms. The molecular formula is C24H19NO6. The predicted octanol–water partition coefficient (Wildman–Crippen LogP) is 4.29. The van der Waals surface area contributed by atoms with Crippen LogP contribution in [0.3, 0.4) is 0 Å². The number of para-hydroxylation sites is 1. The summed E-state index contributed by atoms with van der Waals surface area (Å²) in [5.41, 5.74) is 1.17. The predicted molar refractivity (Wildman–Crippen MR) is 113 cm³/mol. The van der Waals surface area contributed by atoms with Crippen LogP contribution in [0.5, 0.6) is 0 Å². The molecule has 4 rings (SSSR count). The number of esters is 1. The average molecular weight is 417 g/mol. The zero-order valence-corrected chi connectivity index (χ0v) is 16.6.